The molecule has 0 aliphatic heterocycles. The zero-order chi connectivity index (χ0) is 12.1. The van der Waals surface area contributed by atoms with E-state index in [0.717, 1.165) is 13.1 Å². The van der Waals surface area contributed by atoms with E-state index in [1.54, 1.807) is 0 Å². The summed E-state index contributed by atoms with van der Waals surface area (Å²) in [6.45, 7) is 4.43. The average molecular weight is 252 g/mol. The Hall–Kier alpha value is -0.870. The van der Waals surface area contributed by atoms with Crippen molar-refractivity contribution < 1.29 is 4.79 Å². The smallest absolute Gasteiger partial charge is 0.221 e. The third kappa shape index (κ3) is 3.54. The molecule has 17 heavy (non-hydrogen) atoms. The van der Waals surface area contributed by atoms with Crippen LogP contribution in [0, 0.1) is 0 Å². The first-order valence-electron chi connectivity index (χ1n) is 6.37. The summed E-state index contributed by atoms with van der Waals surface area (Å²) in [6.07, 6.45) is 4.32. The number of carbonyl (C=O) groups is 1. The molecule has 0 unspecified atom stereocenters. The quantitative estimate of drug-likeness (QED) is 0.759. The number of hydrogen-bond donors (Lipinski definition) is 2. The van der Waals surface area contributed by atoms with Crippen molar-refractivity contribution in [2.75, 3.05) is 13.1 Å². The number of rotatable bonds is 6. The van der Waals surface area contributed by atoms with E-state index in [1.165, 1.54) is 34.6 Å². The van der Waals surface area contributed by atoms with E-state index in [-0.39, 0.29) is 5.91 Å². The molecule has 1 aromatic heterocycles. The van der Waals surface area contributed by atoms with Crippen molar-refractivity contribution in [3.8, 4) is 0 Å². The maximum Gasteiger partial charge on any atom is 0.221 e. The van der Waals surface area contributed by atoms with Crippen LogP contribution in [-0.4, -0.2) is 19.0 Å². The standard InChI is InChI=1S/C13H20N2OS/c1-2-14-7-6-13(16)15-9-11-8-10-4-3-5-12(10)17-11/h8,14H,2-7,9H2,1H3,(H,15,16). The van der Waals surface area contributed by atoms with Gasteiger partial charge in [0, 0.05) is 22.7 Å². The summed E-state index contributed by atoms with van der Waals surface area (Å²) >= 11 is 1.86. The van der Waals surface area contributed by atoms with E-state index in [2.05, 4.69) is 16.7 Å². The Bertz CT molecular complexity index is 365. The van der Waals surface area contributed by atoms with Crippen LogP contribution >= 0.6 is 11.3 Å². The highest BCUT2D eigenvalue weighted by Crippen LogP contribution is 2.30. The van der Waals surface area contributed by atoms with Crippen molar-refractivity contribution in [1.29, 1.82) is 0 Å². The minimum absolute atomic E-state index is 0.138. The second kappa shape index (κ2) is 6.17. The molecule has 0 radical (unpaired) electrons. The molecule has 0 bridgehead atoms. The highest BCUT2D eigenvalue weighted by Gasteiger charge is 2.14. The predicted molar refractivity (Wildman–Crippen MR) is 71.4 cm³/mol. The molecule has 1 aromatic rings. The van der Waals surface area contributed by atoms with Crippen LogP contribution in [0.2, 0.25) is 0 Å². The molecule has 0 aromatic carbocycles. The van der Waals surface area contributed by atoms with E-state index >= 15 is 0 Å². The van der Waals surface area contributed by atoms with Crippen LogP contribution in [0.15, 0.2) is 6.07 Å². The molecule has 0 spiro atoms. The van der Waals surface area contributed by atoms with Crippen LogP contribution < -0.4 is 10.6 Å². The monoisotopic (exact) mass is 252 g/mol. The lowest BCUT2D eigenvalue weighted by molar-refractivity contribution is -0.121. The Morgan fingerprint density at radius 3 is 3.12 bits per heavy atom. The third-order valence-corrected chi connectivity index (χ3v) is 4.27. The Morgan fingerprint density at radius 2 is 2.35 bits per heavy atom. The van der Waals surface area contributed by atoms with E-state index < -0.39 is 0 Å². The van der Waals surface area contributed by atoms with Gasteiger partial charge in [0.2, 0.25) is 5.91 Å². The predicted octanol–water partition coefficient (Wildman–Crippen LogP) is 1.85. The molecule has 1 heterocycles. The summed E-state index contributed by atoms with van der Waals surface area (Å²) in [5.41, 5.74) is 1.51. The molecule has 94 valence electrons. The molecule has 1 aliphatic carbocycles. The number of fused-ring (bicyclic) bond motifs is 1. The largest absolute Gasteiger partial charge is 0.351 e. The number of thiophene rings is 1. The van der Waals surface area contributed by atoms with Gasteiger partial charge in [-0.25, -0.2) is 0 Å². The molecule has 1 aliphatic rings. The maximum absolute atomic E-state index is 11.5. The van der Waals surface area contributed by atoms with Crippen LogP contribution in [0.1, 0.15) is 35.1 Å². The van der Waals surface area contributed by atoms with Crippen molar-refractivity contribution in [3.05, 3.63) is 21.4 Å². The number of aryl methyl sites for hydroxylation is 2. The molecule has 4 heteroatoms. The fraction of sp³-hybridized carbons (Fsp3) is 0.615. The minimum Gasteiger partial charge on any atom is -0.351 e. The van der Waals surface area contributed by atoms with Gasteiger partial charge < -0.3 is 10.6 Å². The van der Waals surface area contributed by atoms with Crippen molar-refractivity contribution >= 4 is 17.2 Å². The van der Waals surface area contributed by atoms with Gasteiger partial charge in [-0.1, -0.05) is 6.92 Å². The van der Waals surface area contributed by atoms with Gasteiger partial charge in [-0.15, -0.1) is 11.3 Å². The first-order chi connectivity index (χ1) is 8.29. The SMILES string of the molecule is CCNCCC(=O)NCc1cc2c(s1)CCC2. The second-order valence-electron chi connectivity index (χ2n) is 4.39. The van der Waals surface area contributed by atoms with Crippen LogP contribution in [0.3, 0.4) is 0 Å². The summed E-state index contributed by atoms with van der Waals surface area (Å²) in [5, 5.41) is 6.13. The minimum atomic E-state index is 0.138. The Kier molecular flexibility index (Phi) is 4.57. The van der Waals surface area contributed by atoms with Crippen molar-refractivity contribution in [3.63, 3.8) is 0 Å². The molecule has 0 atom stereocenters. The third-order valence-electron chi connectivity index (χ3n) is 3.04. The van der Waals surface area contributed by atoms with Crippen molar-refractivity contribution in [2.45, 2.75) is 39.2 Å². The summed E-state index contributed by atoms with van der Waals surface area (Å²) < 4.78 is 0. The number of nitrogens with one attached hydrogen (secondary N) is 2. The molecule has 0 saturated carbocycles. The molecule has 1 amide bonds. The van der Waals surface area contributed by atoms with Crippen LogP contribution in [0.25, 0.3) is 0 Å². The van der Waals surface area contributed by atoms with Gasteiger partial charge in [-0.2, -0.15) is 0 Å². The zero-order valence-electron chi connectivity index (χ0n) is 10.3. The highest BCUT2D eigenvalue weighted by molar-refractivity contribution is 7.12. The lowest BCUT2D eigenvalue weighted by Crippen LogP contribution is -2.26. The van der Waals surface area contributed by atoms with Crippen LogP contribution in [0.4, 0.5) is 0 Å². The van der Waals surface area contributed by atoms with Crippen molar-refractivity contribution in [2.24, 2.45) is 0 Å². The van der Waals surface area contributed by atoms with E-state index in [4.69, 9.17) is 0 Å². The summed E-state index contributed by atoms with van der Waals surface area (Å²) in [4.78, 5) is 14.3. The van der Waals surface area contributed by atoms with Crippen molar-refractivity contribution in [1.82, 2.24) is 10.6 Å². The van der Waals surface area contributed by atoms with Gasteiger partial charge in [0.05, 0.1) is 6.54 Å². The van der Waals surface area contributed by atoms with Gasteiger partial charge >= 0.3 is 0 Å². The molecule has 0 fully saturated rings. The summed E-state index contributed by atoms with van der Waals surface area (Å²) in [7, 11) is 0. The number of amides is 1. The Balaban J connectivity index is 1.72. The fourth-order valence-electron chi connectivity index (χ4n) is 2.13. The first-order valence-corrected chi connectivity index (χ1v) is 7.19. The molecular weight excluding hydrogens is 232 g/mol. The van der Waals surface area contributed by atoms with Gasteiger partial charge in [0.25, 0.3) is 0 Å². The van der Waals surface area contributed by atoms with Gasteiger partial charge in [0.15, 0.2) is 0 Å². The summed E-state index contributed by atoms with van der Waals surface area (Å²) in [6, 6.07) is 2.26. The second-order valence-corrected chi connectivity index (χ2v) is 5.62. The van der Waals surface area contributed by atoms with Gasteiger partial charge in [-0.05, 0) is 37.4 Å². The average Bonchev–Trinajstić information content (AvgIpc) is 2.86. The zero-order valence-corrected chi connectivity index (χ0v) is 11.2. The normalized spacial score (nSPS) is 13.7. The molecule has 3 nitrogen and oxygen atoms in total. The lowest BCUT2D eigenvalue weighted by Gasteiger charge is -2.04. The van der Waals surface area contributed by atoms with Crippen LogP contribution in [-0.2, 0) is 24.2 Å². The Morgan fingerprint density at radius 1 is 1.47 bits per heavy atom. The molecule has 2 N–H and O–H groups in total. The van der Waals surface area contributed by atoms with E-state index in [1.807, 2.05) is 18.3 Å². The first kappa shape index (κ1) is 12.6. The van der Waals surface area contributed by atoms with Gasteiger partial charge in [-0.3, -0.25) is 4.79 Å². The maximum atomic E-state index is 11.5. The molecule has 0 saturated heterocycles. The summed E-state index contributed by atoms with van der Waals surface area (Å²) in [5.74, 6) is 0.138. The van der Waals surface area contributed by atoms with E-state index in [9.17, 15) is 4.79 Å². The number of hydrogen-bond acceptors (Lipinski definition) is 3. The van der Waals surface area contributed by atoms with E-state index in [0.29, 0.717) is 13.0 Å². The highest BCUT2D eigenvalue weighted by atomic mass is 32.1. The molecule has 2 rings (SSSR count). The number of carbonyl (C=O) groups excluding carboxylic acids is 1. The topological polar surface area (TPSA) is 41.1 Å². The Labute approximate surface area is 107 Å². The lowest BCUT2D eigenvalue weighted by atomic mass is 10.2. The fourth-order valence-corrected chi connectivity index (χ4v) is 3.33. The van der Waals surface area contributed by atoms with Gasteiger partial charge in [0.1, 0.15) is 0 Å². The molecular formula is C13H20N2OS. The van der Waals surface area contributed by atoms with Crippen LogP contribution in [0.5, 0.6) is 0 Å².